The molecule has 5 rings (SSSR count). The van der Waals surface area contributed by atoms with Gasteiger partial charge in [-0.05, 0) is 53.7 Å². The molecule has 2 aromatic heterocycles. The topological polar surface area (TPSA) is 108 Å². The first-order chi connectivity index (χ1) is 15.1. The normalized spacial score (nSPS) is 18.0. The lowest BCUT2D eigenvalue weighted by Crippen LogP contribution is -2.39. The molecule has 9 nitrogen and oxygen atoms in total. The van der Waals surface area contributed by atoms with Crippen LogP contribution in [0.1, 0.15) is 25.7 Å². The van der Waals surface area contributed by atoms with E-state index in [1.54, 1.807) is 0 Å². The first kappa shape index (κ1) is 20.4. The number of aromatic nitrogens is 4. The molecule has 4 heterocycles. The van der Waals surface area contributed by atoms with Crippen LogP contribution in [0.15, 0.2) is 33.0 Å². The van der Waals surface area contributed by atoms with Crippen LogP contribution >= 0.6 is 27.7 Å². The van der Waals surface area contributed by atoms with Crippen LogP contribution in [0.2, 0.25) is 0 Å². The molecule has 0 radical (unpaired) electrons. The van der Waals surface area contributed by atoms with Gasteiger partial charge in [-0.1, -0.05) is 11.8 Å². The molecule has 1 saturated heterocycles. The van der Waals surface area contributed by atoms with Gasteiger partial charge in [0.15, 0.2) is 33.6 Å². The summed E-state index contributed by atoms with van der Waals surface area (Å²) in [6, 6.07) is 4.05. The molecular weight excluding hydrogens is 484 g/mol. The monoisotopic (exact) mass is 504 g/mol. The van der Waals surface area contributed by atoms with Crippen molar-refractivity contribution in [2.45, 2.75) is 48.3 Å². The maximum absolute atomic E-state index is 11.5. The van der Waals surface area contributed by atoms with E-state index in [1.165, 1.54) is 18.1 Å². The highest BCUT2D eigenvalue weighted by molar-refractivity contribution is 9.10. The molecule has 0 aliphatic carbocycles. The number of carbonyl (C=O) groups is 1. The van der Waals surface area contributed by atoms with Gasteiger partial charge in [-0.3, -0.25) is 4.79 Å². The number of halogens is 1. The summed E-state index contributed by atoms with van der Waals surface area (Å²) in [6.45, 7) is 1.71. The number of nitrogens with two attached hydrogens (primary N) is 1. The average molecular weight is 505 g/mol. The number of benzene rings is 1. The Hall–Kier alpha value is -2.53. The molecule has 1 aromatic carbocycles. The van der Waals surface area contributed by atoms with Gasteiger partial charge in [0, 0.05) is 28.5 Å². The molecule has 0 saturated carbocycles. The predicted molar refractivity (Wildman–Crippen MR) is 119 cm³/mol. The van der Waals surface area contributed by atoms with Crippen LogP contribution in [0.3, 0.4) is 0 Å². The second-order valence-electron chi connectivity index (χ2n) is 7.50. The van der Waals surface area contributed by atoms with E-state index < -0.39 is 0 Å². The van der Waals surface area contributed by atoms with Crippen molar-refractivity contribution in [3.05, 3.63) is 22.9 Å². The summed E-state index contributed by atoms with van der Waals surface area (Å²) >= 11 is 5.11. The van der Waals surface area contributed by atoms with Crippen molar-refractivity contribution in [2.75, 3.05) is 19.1 Å². The quantitative estimate of drug-likeness (QED) is 0.508. The Morgan fingerprint density at radius 2 is 2.10 bits per heavy atom. The van der Waals surface area contributed by atoms with Gasteiger partial charge in [-0.25, -0.2) is 15.0 Å². The molecular formula is C20H21BrN6O3S. The number of hydrogen-bond donors (Lipinski definition) is 1. The fourth-order valence-corrected chi connectivity index (χ4v) is 5.55. The molecule has 2 N–H and O–H groups in total. The van der Waals surface area contributed by atoms with E-state index in [0.29, 0.717) is 35.0 Å². The predicted octanol–water partition coefficient (Wildman–Crippen LogP) is 3.45. The van der Waals surface area contributed by atoms with E-state index in [-0.39, 0.29) is 12.8 Å². The van der Waals surface area contributed by atoms with Crippen molar-refractivity contribution in [1.82, 2.24) is 24.4 Å². The Labute approximate surface area is 191 Å². The number of rotatable bonds is 6. The van der Waals surface area contributed by atoms with Gasteiger partial charge < -0.3 is 24.7 Å². The molecule has 0 bridgehead atoms. The molecule has 0 spiro atoms. The number of piperidine rings is 1. The van der Waals surface area contributed by atoms with Crippen molar-refractivity contribution in [1.29, 1.82) is 0 Å². The third-order valence-corrected chi connectivity index (χ3v) is 7.62. The molecule has 3 aromatic rings. The number of nitrogens with zero attached hydrogens (tertiary/aromatic N) is 5. The SMILES string of the molecule is Nc1ncnc2c1nc(Sc1cc3c(cc1Br)OCO3)n2CC[C@H]1CCCCN1C=O. The summed E-state index contributed by atoms with van der Waals surface area (Å²) in [7, 11) is 0. The van der Waals surface area contributed by atoms with Gasteiger partial charge in [-0.15, -0.1) is 0 Å². The number of nitrogen functional groups attached to an aromatic ring is 1. The third kappa shape index (κ3) is 3.91. The van der Waals surface area contributed by atoms with Gasteiger partial charge in [0.05, 0.1) is 0 Å². The summed E-state index contributed by atoms with van der Waals surface area (Å²) in [5.41, 5.74) is 7.36. The Kier molecular flexibility index (Phi) is 5.61. The highest BCUT2D eigenvalue weighted by Gasteiger charge is 2.24. The zero-order valence-electron chi connectivity index (χ0n) is 16.7. The van der Waals surface area contributed by atoms with Crippen LogP contribution in [-0.4, -0.2) is 50.2 Å². The number of aryl methyl sites for hydroxylation is 1. The minimum absolute atomic E-state index is 0.217. The van der Waals surface area contributed by atoms with Crippen molar-refractivity contribution in [3.63, 3.8) is 0 Å². The lowest BCUT2D eigenvalue weighted by Gasteiger charge is -2.32. The average Bonchev–Trinajstić information content (AvgIpc) is 3.37. The Balaban J connectivity index is 1.48. The summed E-state index contributed by atoms with van der Waals surface area (Å²) < 4.78 is 13.9. The maximum atomic E-state index is 11.5. The molecule has 1 fully saturated rings. The van der Waals surface area contributed by atoms with E-state index in [0.717, 1.165) is 53.2 Å². The van der Waals surface area contributed by atoms with Gasteiger partial charge >= 0.3 is 0 Å². The largest absolute Gasteiger partial charge is 0.454 e. The van der Waals surface area contributed by atoms with E-state index in [2.05, 4.69) is 30.5 Å². The summed E-state index contributed by atoms with van der Waals surface area (Å²) in [5.74, 6) is 1.77. The standard InChI is InChI=1S/C20H21BrN6O3S/c21-13-7-14-15(30-11-29-14)8-16(13)31-20-25-17-18(22)23-9-24-19(17)27(20)6-4-12-3-1-2-5-26(12)10-28/h7-10,12H,1-6,11H2,(H2,22,23,24)/t12-/m1/s1. The van der Waals surface area contributed by atoms with Gasteiger partial charge in [0.1, 0.15) is 6.33 Å². The number of likely N-dealkylation sites (tertiary alicyclic amines) is 1. The Bertz CT molecular complexity index is 1140. The minimum atomic E-state index is 0.217. The second kappa shape index (κ2) is 8.54. The highest BCUT2D eigenvalue weighted by Crippen LogP contribution is 2.43. The molecule has 2 aliphatic rings. The lowest BCUT2D eigenvalue weighted by molar-refractivity contribution is -0.121. The lowest BCUT2D eigenvalue weighted by atomic mass is 10.00. The van der Waals surface area contributed by atoms with Crippen molar-refractivity contribution in [2.24, 2.45) is 0 Å². The fourth-order valence-electron chi connectivity index (χ4n) is 4.04. The molecule has 31 heavy (non-hydrogen) atoms. The summed E-state index contributed by atoms with van der Waals surface area (Å²) in [5, 5.41) is 0.759. The minimum Gasteiger partial charge on any atom is -0.454 e. The summed E-state index contributed by atoms with van der Waals surface area (Å²) in [6.07, 6.45) is 6.46. The molecule has 11 heteroatoms. The molecule has 162 valence electrons. The van der Waals surface area contributed by atoms with Crippen LogP contribution in [0.5, 0.6) is 11.5 Å². The first-order valence-corrected chi connectivity index (χ1v) is 11.7. The first-order valence-electron chi connectivity index (χ1n) is 10.1. The number of fused-ring (bicyclic) bond motifs is 2. The number of anilines is 1. The van der Waals surface area contributed by atoms with Crippen molar-refractivity contribution < 1.29 is 14.3 Å². The fraction of sp³-hybridized carbons (Fsp3) is 0.400. The second-order valence-corrected chi connectivity index (χ2v) is 9.36. The van der Waals surface area contributed by atoms with E-state index in [9.17, 15) is 4.79 Å². The Morgan fingerprint density at radius 3 is 2.94 bits per heavy atom. The zero-order chi connectivity index (χ0) is 21.4. The molecule has 1 amide bonds. The van der Waals surface area contributed by atoms with Crippen molar-refractivity contribution in [3.8, 4) is 11.5 Å². The number of ether oxygens (including phenoxy) is 2. The van der Waals surface area contributed by atoms with Crippen LogP contribution in [-0.2, 0) is 11.3 Å². The van der Waals surface area contributed by atoms with Crippen LogP contribution in [0.25, 0.3) is 11.2 Å². The number of imidazole rings is 1. The van der Waals surface area contributed by atoms with Crippen LogP contribution < -0.4 is 15.2 Å². The number of carbonyl (C=O) groups excluding carboxylic acids is 1. The summed E-state index contributed by atoms with van der Waals surface area (Å²) in [4.78, 5) is 27.6. The van der Waals surface area contributed by atoms with Crippen LogP contribution in [0.4, 0.5) is 5.82 Å². The van der Waals surface area contributed by atoms with E-state index in [4.69, 9.17) is 20.2 Å². The molecule has 1 atom stereocenters. The maximum Gasteiger partial charge on any atom is 0.231 e. The third-order valence-electron chi connectivity index (χ3n) is 5.65. The number of hydrogen-bond acceptors (Lipinski definition) is 8. The van der Waals surface area contributed by atoms with Gasteiger partial charge in [-0.2, -0.15) is 0 Å². The molecule has 2 aliphatic heterocycles. The molecule has 0 unspecified atom stereocenters. The number of amides is 1. The smallest absolute Gasteiger partial charge is 0.231 e. The highest BCUT2D eigenvalue weighted by atomic mass is 79.9. The van der Waals surface area contributed by atoms with E-state index >= 15 is 0 Å². The van der Waals surface area contributed by atoms with Crippen molar-refractivity contribution >= 4 is 51.1 Å². The zero-order valence-corrected chi connectivity index (χ0v) is 19.1. The van der Waals surface area contributed by atoms with Crippen LogP contribution in [0, 0.1) is 0 Å². The Morgan fingerprint density at radius 1 is 1.26 bits per heavy atom. The van der Waals surface area contributed by atoms with Gasteiger partial charge in [0.2, 0.25) is 13.2 Å². The van der Waals surface area contributed by atoms with E-state index in [1.807, 2.05) is 17.0 Å². The van der Waals surface area contributed by atoms with Gasteiger partial charge in [0.25, 0.3) is 0 Å².